The van der Waals surface area contributed by atoms with Crippen LogP contribution in [0.15, 0.2) is 59.8 Å². The van der Waals surface area contributed by atoms with Gasteiger partial charge in [0.15, 0.2) is 11.6 Å². The van der Waals surface area contributed by atoms with E-state index in [0.717, 1.165) is 33.8 Å². The van der Waals surface area contributed by atoms with Crippen LogP contribution in [0.2, 0.25) is 0 Å². The number of halogens is 3. The lowest BCUT2D eigenvalue weighted by Gasteiger charge is -2.44. The number of aryl methyl sites for hydroxylation is 1. The van der Waals surface area contributed by atoms with Crippen LogP contribution in [-0.4, -0.2) is 32.4 Å². The second kappa shape index (κ2) is 9.13. The lowest BCUT2D eigenvalue weighted by Crippen LogP contribution is -2.54. The molecule has 0 radical (unpaired) electrons. The Bertz CT molecular complexity index is 1580. The summed E-state index contributed by atoms with van der Waals surface area (Å²) in [7, 11) is 0. The maximum absolute atomic E-state index is 15.0. The molecule has 2 aromatic heterocycles. The summed E-state index contributed by atoms with van der Waals surface area (Å²) in [5.41, 5.74) is -0.590. The third-order valence-electron chi connectivity index (χ3n) is 6.22. The summed E-state index contributed by atoms with van der Waals surface area (Å²) in [4.78, 5) is 19.1. The van der Waals surface area contributed by atoms with Crippen LogP contribution in [-0.2, 0) is 6.54 Å². The van der Waals surface area contributed by atoms with Crippen LogP contribution >= 0.6 is 0 Å². The van der Waals surface area contributed by atoms with Crippen molar-refractivity contribution >= 4 is 5.82 Å². The molecule has 0 spiro atoms. The maximum Gasteiger partial charge on any atom is 0.350 e. The molecule has 1 fully saturated rings. The molecular formula is C26H21F3N6O2. The molecule has 0 aliphatic carbocycles. The number of aromatic nitrogens is 4. The van der Waals surface area contributed by atoms with E-state index in [1.165, 1.54) is 18.2 Å². The quantitative estimate of drug-likeness (QED) is 0.387. The van der Waals surface area contributed by atoms with Gasteiger partial charge in [0, 0.05) is 42.5 Å². The number of ether oxygens (including phenoxy) is 1. The molecule has 11 heteroatoms. The second-order valence-corrected chi connectivity index (χ2v) is 9.21. The van der Waals surface area contributed by atoms with Crippen molar-refractivity contribution in [1.82, 2.24) is 19.3 Å². The first kappa shape index (κ1) is 24.1. The first-order valence-corrected chi connectivity index (χ1v) is 11.4. The van der Waals surface area contributed by atoms with Gasteiger partial charge in [-0.25, -0.2) is 22.9 Å². The van der Waals surface area contributed by atoms with Gasteiger partial charge in [0.05, 0.1) is 23.7 Å². The molecule has 0 bridgehead atoms. The van der Waals surface area contributed by atoms with Crippen LogP contribution < -0.4 is 15.3 Å². The molecule has 37 heavy (non-hydrogen) atoms. The molecule has 1 aliphatic heterocycles. The molecule has 0 saturated carbocycles. The minimum atomic E-state index is -0.782. The summed E-state index contributed by atoms with van der Waals surface area (Å²) >= 11 is 0. The summed E-state index contributed by atoms with van der Waals surface area (Å²) < 4.78 is 50.7. The molecular weight excluding hydrogens is 485 g/mol. The number of benzene rings is 2. The Hall–Kier alpha value is -4.59. The Balaban J connectivity index is 1.36. The van der Waals surface area contributed by atoms with Crippen molar-refractivity contribution in [2.45, 2.75) is 20.4 Å². The Kier molecular flexibility index (Phi) is 5.95. The van der Waals surface area contributed by atoms with Gasteiger partial charge in [-0.3, -0.25) is 4.57 Å². The molecule has 0 N–H and O–H groups in total. The Labute approximate surface area is 209 Å². The number of nitrogens with zero attached hydrogens (tertiary/aromatic N) is 6. The number of nitriles is 1. The van der Waals surface area contributed by atoms with E-state index in [-0.39, 0.29) is 23.5 Å². The van der Waals surface area contributed by atoms with Crippen LogP contribution in [0.5, 0.6) is 11.5 Å². The lowest BCUT2D eigenvalue weighted by molar-refractivity contribution is 0.334. The van der Waals surface area contributed by atoms with Gasteiger partial charge in [0.1, 0.15) is 29.5 Å². The van der Waals surface area contributed by atoms with Gasteiger partial charge < -0.3 is 9.64 Å². The van der Waals surface area contributed by atoms with E-state index in [0.29, 0.717) is 30.2 Å². The topological polar surface area (TPSA) is 89.0 Å². The highest BCUT2D eigenvalue weighted by Gasteiger charge is 2.39. The molecule has 0 amide bonds. The molecule has 188 valence electrons. The summed E-state index contributed by atoms with van der Waals surface area (Å²) in [5.74, 6) is -1.36. The van der Waals surface area contributed by atoms with Crippen LogP contribution in [0, 0.1) is 41.1 Å². The fraction of sp³-hybridized carbons (Fsp3) is 0.231. The second-order valence-electron chi connectivity index (χ2n) is 9.21. The standard InChI is InChI=1S/C26H21F3N6O2/c1-16-10-31-24(34-13-26(2,12-30)14-34)9-23(16)37-22-7-6-17(8-21(22)29)35-25(36)33(15-32-35)11-18-19(27)4-3-5-20(18)28/h3-10,15H,11,13-14H2,1-2H3. The van der Waals surface area contributed by atoms with E-state index in [9.17, 15) is 23.2 Å². The van der Waals surface area contributed by atoms with E-state index in [1.54, 1.807) is 19.2 Å². The molecule has 3 heterocycles. The number of rotatable bonds is 6. The highest BCUT2D eigenvalue weighted by atomic mass is 19.1. The predicted molar refractivity (Wildman–Crippen MR) is 128 cm³/mol. The molecule has 1 aliphatic rings. The minimum absolute atomic E-state index is 0.0737. The zero-order chi connectivity index (χ0) is 26.3. The van der Waals surface area contributed by atoms with Gasteiger partial charge in [-0.15, -0.1) is 0 Å². The third kappa shape index (κ3) is 4.53. The molecule has 0 unspecified atom stereocenters. The zero-order valence-corrected chi connectivity index (χ0v) is 20.0. The number of hydrogen-bond donors (Lipinski definition) is 0. The van der Waals surface area contributed by atoms with E-state index >= 15 is 0 Å². The van der Waals surface area contributed by atoms with Crippen molar-refractivity contribution in [3.8, 4) is 23.3 Å². The molecule has 0 atom stereocenters. The van der Waals surface area contributed by atoms with Crippen molar-refractivity contribution in [2.24, 2.45) is 5.41 Å². The first-order valence-electron chi connectivity index (χ1n) is 11.4. The molecule has 2 aromatic carbocycles. The fourth-order valence-electron chi connectivity index (χ4n) is 4.10. The normalized spacial score (nSPS) is 14.2. The molecule has 8 nitrogen and oxygen atoms in total. The SMILES string of the molecule is Cc1cnc(N2CC(C)(C#N)C2)cc1Oc1ccc(-n2ncn(Cc3c(F)cccc3F)c2=O)cc1F. The van der Waals surface area contributed by atoms with Crippen molar-refractivity contribution in [3.05, 3.63) is 94.1 Å². The van der Waals surface area contributed by atoms with Crippen molar-refractivity contribution in [3.63, 3.8) is 0 Å². The average Bonchev–Trinajstić information content (AvgIpc) is 3.22. The Morgan fingerprint density at radius 3 is 2.49 bits per heavy atom. The Morgan fingerprint density at radius 1 is 1.08 bits per heavy atom. The fourth-order valence-corrected chi connectivity index (χ4v) is 4.10. The summed E-state index contributed by atoms with van der Waals surface area (Å²) in [6.07, 6.45) is 2.75. The van der Waals surface area contributed by atoms with E-state index in [4.69, 9.17) is 4.74 Å². The van der Waals surface area contributed by atoms with E-state index in [1.807, 2.05) is 11.8 Å². The van der Waals surface area contributed by atoms with Crippen LogP contribution in [0.1, 0.15) is 18.1 Å². The number of anilines is 1. The smallest absolute Gasteiger partial charge is 0.350 e. The van der Waals surface area contributed by atoms with Crippen molar-refractivity contribution in [1.29, 1.82) is 5.26 Å². The van der Waals surface area contributed by atoms with Crippen LogP contribution in [0.3, 0.4) is 0 Å². The van der Waals surface area contributed by atoms with Gasteiger partial charge in [-0.05, 0) is 38.1 Å². The highest BCUT2D eigenvalue weighted by molar-refractivity contribution is 5.52. The summed E-state index contributed by atoms with van der Waals surface area (Å²) in [5, 5.41) is 13.2. The monoisotopic (exact) mass is 506 g/mol. The predicted octanol–water partition coefficient (Wildman–Crippen LogP) is 4.35. The van der Waals surface area contributed by atoms with Gasteiger partial charge in [0.25, 0.3) is 0 Å². The van der Waals surface area contributed by atoms with E-state index in [2.05, 4.69) is 16.2 Å². The molecule has 5 rings (SSSR count). The maximum atomic E-state index is 15.0. The van der Waals surface area contributed by atoms with Gasteiger partial charge >= 0.3 is 5.69 Å². The average molecular weight is 506 g/mol. The Morgan fingerprint density at radius 2 is 1.81 bits per heavy atom. The van der Waals surface area contributed by atoms with Crippen molar-refractivity contribution in [2.75, 3.05) is 18.0 Å². The number of pyridine rings is 1. The van der Waals surface area contributed by atoms with E-state index < -0.39 is 28.6 Å². The van der Waals surface area contributed by atoms with Crippen LogP contribution in [0.25, 0.3) is 5.69 Å². The first-order chi connectivity index (χ1) is 17.7. The van der Waals surface area contributed by atoms with Gasteiger partial charge in [-0.2, -0.15) is 15.0 Å². The van der Waals surface area contributed by atoms with Gasteiger partial charge in [-0.1, -0.05) is 6.07 Å². The summed E-state index contributed by atoms with van der Waals surface area (Å²) in [6.45, 7) is 4.35. The third-order valence-corrected chi connectivity index (χ3v) is 6.22. The largest absolute Gasteiger partial charge is 0.454 e. The van der Waals surface area contributed by atoms with Crippen LogP contribution in [0.4, 0.5) is 19.0 Å². The molecule has 1 saturated heterocycles. The van der Waals surface area contributed by atoms with Gasteiger partial charge in [0.2, 0.25) is 0 Å². The van der Waals surface area contributed by atoms with Crippen molar-refractivity contribution < 1.29 is 17.9 Å². The molecule has 4 aromatic rings. The minimum Gasteiger partial charge on any atom is -0.454 e. The lowest BCUT2D eigenvalue weighted by atomic mass is 9.84. The zero-order valence-electron chi connectivity index (χ0n) is 20.0. The highest BCUT2D eigenvalue weighted by Crippen LogP contribution is 2.36. The number of hydrogen-bond acceptors (Lipinski definition) is 6. The summed E-state index contributed by atoms with van der Waals surface area (Å²) in [6, 6.07) is 11.3.